The van der Waals surface area contributed by atoms with Crippen LogP contribution < -0.4 is 10.6 Å². The number of aromatic nitrogens is 3. The number of imide groups is 1. The van der Waals surface area contributed by atoms with Gasteiger partial charge in [0.15, 0.2) is 0 Å². The summed E-state index contributed by atoms with van der Waals surface area (Å²) in [5.74, 6) is -3.11. The first-order valence-corrected chi connectivity index (χ1v) is 10.4. The van der Waals surface area contributed by atoms with Crippen molar-refractivity contribution in [3.63, 3.8) is 0 Å². The van der Waals surface area contributed by atoms with Crippen LogP contribution in [0.4, 0.5) is 19.4 Å². The topological polar surface area (TPSA) is 88.9 Å². The molecule has 0 bridgehead atoms. The Morgan fingerprint density at radius 2 is 1.78 bits per heavy atom. The van der Waals surface area contributed by atoms with E-state index in [0.717, 1.165) is 23.8 Å². The lowest BCUT2D eigenvalue weighted by molar-refractivity contribution is 0.0959. The van der Waals surface area contributed by atoms with Gasteiger partial charge < -0.3 is 0 Å². The molecule has 2 heterocycles. The number of halogens is 3. The summed E-state index contributed by atoms with van der Waals surface area (Å²) in [7, 11) is 1.59. The number of carbonyl (C=O) groups is 2. The van der Waals surface area contributed by atoms with Gasteiger partial charge in [-0.2, -0.15) is 5.10 Å². The Bertz CT molecular complexity index is 1300. The Balaban J connectivity index is 1.54. The van der Waals surface area contributed by atoms with Crippen molar-refractivity contribution in [3.05, 3.63) is 76.3 Å². The first-order chi connectivity index (χ1) is 15.3. The molecule has 2 aromatic carbocycles. The maximum Gasteiger partial charge on any atom is 0.327 e. The van der Waals surface area contributed by atoms with Crippen molar-refractivity contribution in [3.8, 4) is 21.8 Å². The van der Waals surface area contributed by atoms with Gasteiger partial charge in [0.2, 0.25) is 0 Å². The Morgan fingerprint density at radius 3 is 2.47 bits per heavy atom. The van der Waals surface area contributed by atoms with Gasteiger partial charge in [-0.3, -0.25) is 20.1 Å². The van der Waals surface area contributed by atoms with Gasteiger partial charge in [0, 0.05) is 23.0 Å². The molecule has 7 nitrogen and oxygen atoms in total. The quantitative estimate of drug-likeness (QED) is 0.431. The van der Waals surface area contributed by atoms with E-state index < -0.39 is 29.1 Å². The van der Waals surface area contributed by atoms with Crippen molar-refractivity contribution in [1.82, 2.24) is 20.1 Å². The molecule has 0 aliphatic rings. The number of aryl methyl sites for hydroxylation is 1. The molecule has 0 fully saturated rings. The number of carbonyl (C=O) groups excluding carboxylic acids is 2. The van der Waals surface area contributed by atoms with Crippen LogP contribution in [-0.2, 0) is 7.05 Å². The summed E-state index contributed by atoms with van der Waals surface area (Å²) in [5.41, 5.74) is 1.24. The molecular weight excluding hydrogens is 460 g/mol. The van der Waals surface area contributed by atoms with Crippen LogP contribution in [0.3, 0.4) is 0 Å². The van der Waals surface area contributed by atoms with E-state index in [-0.39, 0.29) is 5.82 Å². The van der Waals surface area contributed by atoms with Crippen LogP contribution in [0, 0.1) is 11.6 Å². The van der Waals surface area contributed by atoms with E-state index >= 15 is 0 Å². The molecule has 4 rings (SSSR count). The summed E-state index contributed by atoms with van der Waals surface area (Å²) >= 11 is 7.26. The Morgan fingerprint density at radius 1 is 1.09 bits per heavy atom. The van der Waals surface area contributed by atoms with E-state index in [1.54, 1.807) is 19.2 Å². The molecule has 0 unspecified atom stereocenters. The van der Waals surface area contributed by atoms with Crippen LogP contribution in [0.15, 0.2) is 54.0 Å². The Labute approximate surface area is 189 Å². The van der Waals surface area contributed by atoms with Crippen molar-refractivity contribution in [2.75, 3.05) is 5.32 Å². The largest absolute Gasteiger partial charge is 0.327 e. The summed E-state index contributed by atoms with van der Waals surface area (Å²) in [6.07, 6.45) is 1.51. The number of benzene rings is 2. The molecule has 0 saturated heterocycles. The SMILES string of the molecule is Cn1ncc(-c2nc(-c3ccc(Cl)cc3)cs2)c1NC(=O)NC(=O)c1c(F)cccc1F. The Hall–Kier alpha value is -3.63. The van der Waals surface area contributed by atoms with E-state index in [2.05, 4.69) is 15.4 Å². The van der Waals surface area contributed by atoms with Gasteiger partial charge in [-0.1, -0.05) is 29.8 Å². The average molecular weight is 474 g/mol. The third kappa shape index (κ3) is 4.36. The van der Waals surface area contributed by atoms with Gasteiger partial charge in [0.25, 0.3) is 5.91 Å². The molecule has 0 aliphatic heterocycles. The molecule has 0 saturated carbocycles. The van der Waals surface area contributed by atoms with Crippen molar-refractivity contribution >= 4 is 40.7 Å². The number of amides is 3. The zero-order valence-corrected chi connectivity index (χ0v) is 18.0. The first kappa shape index (κ1) is 21.6. The fraction of sp³-hybridized carbons (Fsp3) is 0.0476. The van der Waals surface area contributed by atoms with Gasteiger partial charge in [-0.05, 0) is 24.3 Å². The standard InChI is InChI=1S/C21H14ClF2N5O2S/c1-29-18(27-21(31)28-19(30)17-14(23)3-2-4-15(17)24)13(9-25-29)20-26-16(10-32-20)11-5-7-12(22)8-6-11/h2-10H,1H3,(H2,27,28,30,31). The molecule has 0 atom stereocenters. The maximum absolute atomic E-state index is 13.8. The van der Waals surface area contributed by atoms with Crippen molar-refractivity contribution in [1.29, 1.82) is 0 Å². The second-order valence-corrected chi connectivity index (χ2v) is 7.87. The van der Waals surface area contributed by atoms with Crippen LogP contribution in [0.1, 0.15) is 10.4 Å². The molecule has 162 valence electrons. The van der Waals surface area contributed by atoms with Gasteiger partial charge in [0.1, 0.15) is 28.0 Å². The van der Waals surface area contributed by atoms with Gasteiger partial charge in [-0.25, -0.2) is 18.6 Å². The van der Waals surface area contributed by atoms with Gasteiger partial charge >= 0.3 is 6.03 Å². The zero-order chi connectivity index (χ0) is 22.8. The maximum atomic E-state index is 13.8. The van der Waals surface area contributed by atoms with Crippen LogP contribution in [-0.4, -0.2) is 26.7 Å². The van der Waals surface area contributed by atoms with Gasteiger partial charge in [0.05, 0.1) is 17.5 Å². The smallest absolute Gasteiger partial charge is 0.292 e. The van der Waals surface area contributed by atoms with Crippen molar-refractivity contribution < 1.29 is 18.4 Å². The monoisotopic (exact) mass is 473 g/mol. The van der Waals surface area contributed by atoms with E-state index in [9.17, 15) is 18.4 Å². The third-order valence-electron chi connectivity index (χ3n) is 4.46. The number of thiazole rings is 1. The molecule has 3 amide bonds. The lowest BCUT2D eigenvalue weighted by Gasteiger charge is -2.09. The third-order valence-corrected chi connectivity index (χ3v) is 5.59. The Kier molecular flexibility index (Phi) is 5.97. The number of hydrogen-bond donors (Lipinski definition) is 2. The minimum atomic E-state index is -1.21. The number of rotatable bonds is 4. The molecule has 4 aromatic rings. The highest BCUT2D eigenvalue weighted by molar-refractivity contribution is 7.13. The summed E-state index contributed by atoms with van der Waals surface area (Å²) in [6, 6.07) is 9.19. The zero-order valence-electron chi connectivity index (χ0n) is 16.4. The molecule has 0 radical (unpaired) electrons. The van der Waals surface area contributed by atoms with Crippen molar-refractivity contribution in [2.45, 2.75) is 0 Å². The number of urea groups is 1. The minimum Gasteiger partial charge on any atom is -0.292 e. The highest BCUT2D eigenvalue weighted by atomic mass is 35.5. The van der Waals surface area contributed by atoms with Crippen molar-refractivity contribution in [2.24, 2.45) is 7.05 Å². The highest BCUT2D eigenvalue weighted by Gasteiger charge is 2.21. The van der Waals surface area contributed by atoms with Crippen LogP contribution >= 0.6 is 22.9 Å². The molecule has 0 aliphatic carbocycles. The van der Waals surface area contributed by atoms with Crippen LogP contribution in [0.5, 0.6) is 0 Å². The minimum absolute atomic E-state index is 0.251. The average Bonchev–Trinajstić information content (AvgIpc) is 3.36. The second kappa shape index (κ2) is 8.85. The lowest BCUT2D eigenvalue weighted by Crippen LogP contribution is -2.36. The molecule has 32 heavy (non-hydrogen) atoms. The first-order valence-electron chi connectivity index (χ1n) is 9.13. The predicted octanol–water partition coefficient (Wildman–Crippen LogP) is 5.10. The van der Waals surface area contributed by atoms with E-state index in [0.29, 0.717) is 21.3 Å². The summed E-state index contributed by atoms with van der Waals surface area (Å²) in [5, 5.41) is 11.6. The number of hydrogen-bond acceptors (Lipinski definition) is 5. The fourth-order valence-electron chi connectivity index (χ4n) is 2.91. The highest BCUT2D eigenvalue weighted by Crippen LogP contribution is 2.33. The molecule has 2 N–H and O–H groups in total. The molecule has 11 heteroatoms. The summed E-state index contributed by atoms with van der Waals surface area (Å²) in [4.78, 5) is 29.1. The predicted molar refractivity (Wildman–Crippen MR) is 118 cm³/mol. The van der Waals surface area contributed by atoms with E-state index in [1.807, 2.05) is 22.8 Å². The normalized spacial score (nSPS) is 10.8. The van der Waals surface area contributed by atoms with E-state index in [4.69, 9.17) is 11.6 Å². The fourth-order valence-corrected chi connectivity index (χ4v) is 3.88. The van der Waals surface area contributed by atoms with Gasteiger partial charge in [-0.15, -0.1) is 11.3 Å². The van der Waals surface area contributed by atoms with Crippen LogP contribution in [0.25, 0.3) is 21.8 Å². The summed E-state index contributed by atoms with van der Waals surface area (Å²) < 4.78 is 28.9. The van der Waals surface area contributed by atoms with Crippen LogP contribution in [0.2, 0.25) is 5.02 Å². The lowest BCUT2D eigenvalue weighted by atomic mass is 10.2. The number of nitrogens with one attached hydrogen (secondary N) is 2. The molecule has 0 spiro atoms. The number of nitrogens with zero attached hydrogens (tertiary/aromatic N) is 3. The summed E-state index contributed by atoms with van der Waals surface area (Å²) in [6.45, 7) is 0. The molecular formula is C21H14ClF2N5O2S. The number of anilines is 1. The second-order valence-electron chi connectivity index (χ2n) is 6.58. The van der Waals surface area contributed by atoms with E-state index in [1.165, 1.54) is 22.2 Å². The molecule has 2 aromatic heterocycles.